The minimum absolute atomic E-state index is 0.110. The van der Waals surface area contributed by atoms with Gasteiger partial charge >= 0.3 is 12.1 Å². The van der Waals surface area contributed by atoms with Crippen LogP contribution < -0.4 is 0 Å². The van der Waals surface area contributed by atoms with Crippen molar-refractivity contribution in [3.8, 4) is 21.0 Å². The van der Waals surface area contributed by atoms with E-state index < -0.39 is 17.7 Å². The molecule has 0 aliphatic heterocycles. The molecule has 2 aromatic carbocycles. The largest absolute Gasteiger partial charge is 0.476 e. The zero-order valence-corrected chi connectivity index (χ0v) is 12.9. The van der Waals surface area contributed by atoms with Crippen molar-refractivity contribution in [1.82, 2.24) is 4.98 Å². The van der Waals surface area contributed by atoms with E-state index in [2.05, 4.69) is 4.98 Å². The second-order valence-electron chi connectivity index (χ2n) is 4.94. The molecular formula is C17H10F3NO2S. The van der Waals surface area contributed by atoms with Gasteiger partial charge in [-0.25, -0.2) is 9.78 Å². The lowest BCUT2D eigenvalue weighted by atomic mass is 10.1. The molecule has 1 heterocycles. The minimum Gasteiger partial charge on any atom is -0.476 e. The highest BCUT2D eigenvalue weighted by Crippen LogP contribution is 2.37. The highest BCUT2D eigenvalue weighted by molar-refractivity contribution is 7.18. The van der Waals surface area contributed by atoms with Gasteiger partial charge in [0.05, 0.1) is 10.4 Å². The number of rotatable bonds is 3. The van der Waals surface area contributed by atoms with E-state index in [1.165, 1.54) is 12.1 Å². The molecule has 0 atom stereocenters. The molecule has 0 saturated heterocycles. The first-order chi connectivity index (χ1) is 11.4. The number of carboxylic acid groups (broad SMARTS) is 1. The lowest BCUT2D eigenvalue weighted by Crippen LogP contribution is -2.04. The van der Waals surface area contributed by atoms with Crippen LogP contribution in [0.3, 0.4) is 0 Å². The summed E-state index contributed by atoms with van der Waals surface area (Å²) >= 11 is 1.13. The number of alkyl halides is 3. The second kappa shape index (κ2) is 6.09. The van der Waals surface area contributed by atoms with Crippen molar-refractivity contribution < 1.29 is 23.1 Å². The van der Waals surface area contributed by atoms with Crippen molar-refractivity contribution in [2.75, 3.05) is 0 Å². The molecule has 122 valence electrons. The van der Waals surface area contributed by atoms with Crippen LogP contribution in [0.15, 0.2) is 54.6 Å². The molecule has 3 aromatic rings. The average molecular weight is 349 g/mol. The van der Waals surface area contributed by atoms with E-state index in [9.17, 15) is 23.1 Å². The van der Waals surface area contributed by atoms with Crippen molar-refractivity contribution in [2.24, 2.45) is 0 Å². The number of benzene rings is 2. The Labute approximate surface area is 139 Å². The molecule has 0 unspecified atom stereocenters. The molecule has 0 saturated carbocycles. The number of thiazole rings is 1. The highest BCUT2D eigenvalue weighted by atomic mass is 32.1. The van der Waals surface area contributed by atoms with Gasteiger partial charge in [0.2, 0.25) is 0 Å². The summed E-state index contributed by atoms with van der Waals surface area (Å²) in [5, 5.41) is 9.69. The average Bonchev–Trinajstić information content (AvgIpc) is 3.00. The minimum atomic E-state index is -4.41. The van der Waals surface area contributed by atoms with Gasteiger partial charge in [-0.1, -0.05) is 42.5 Å². The summed E-state index contributed by atoms with van der Waals surface area (Å²) < 4.78 is 37.9. The molecule has 0 aliphatic rings. The number of aromatic nitrogens is 1. The molecule has 0 bridgehead atoms. The summed E-state index contributed by atoms with van der Waals surface area (Å²) in [6, 6.07) is 13.4. The Morgan fingerprint density at radius 2 is 1.58 bits per heavy atom. The molecule has 0 spiro atoms. The molecule has 3 rings (SSSR count). The Balaban J connectivity index is 2.05. The van der Waals surface area contributed by atoms with E-state index in [0.717, 1.165) is 23.5 Å². The lowest BCUT2D eigenvalue weighted by Gasteiger charge is -2.06. The smallest absolute Gasteiger partial charge is 0.416 e. The molecule has 1 aromatic heterocycles. The summed E-state index contributed by atoms with van der Waals surface area (Å²) in [4.78, 5) is 16.0. The van der Waals surface area contributed by atoms with E-state index in [-0.39, 0.29) is 5.69 Å². The number of hydrogen-bond acceptors (Lipinski definition) is 3. The van der Waals surface area contributed by atoms with Crippen LogP contribution in [-0.2, 0) is 6.18 Å². The fourth-order valence-electron chi connectivity index (χ4n) is 2.18. The third-order valence-electron chi connectivity index (χ3n) is 3.32. The zero-order valence-electron chi connectivity index (χ0n) is 12.0. The van der Waals surface area contributed by atoms with Crippen LogP contribution >= 0.6 is 11.3 Å². The highest BCUT2D eigenvalue weighted by Gasteiger charge is 2.30. The Kier molecular flexibility index (Phi) is 4.11. The van der Waals surface area contributed by atoms with Crippen molar-refractivity contribution in [3.05, 3.63) is 65.9 Å². The Morgan fingerprint density at radius 1 is 0.958 bits per heavy atom. The van der Waals surface area contributed by atoms with E-state index in [4.69, 9.17) is 0 Å². The first-order valence-electron chi connectivity index (χ1n) is 6.83. The summed E-state index contributed by atoms with van der Waals surface area (Å²) in [5.41, 5.74) is 0.272. The molecule has 3 nitrogen and oxygen atoms in total. The predicted molar refractivity (Wildman–Crippen MR) is 84.9 cm³/mol. The fraction of sp³-hybridized carbons (Fsp3) is 0.0588. The van der Waals surface area contributed by atoms with Crippen molar-refractivity contribution >= 4 is 17.3 Å². The summed E-state index contributed by atoms with van der Waals surface area (Å²) in [6.07, 6.45) is -4.41. The predicted octanol–water partition coefficient (Wildman–Crippen LogP) is 5.19. The van der Waals surface area contributed by atoms with E-state index >= 15 is 0 Å². The van der Waals surface area contributed by atoms with Crippen molar-refractivity contribution in [3.63, 3.8) is 0 Å². The fourth-order valence-corrected chi connectivity index (χ4v) is 3.24. The van der Waals surface area contributed by atoms with Gasteiger partial charge in [0.25, 0.3) is 0 Å². The molecule has 0 amide bonds. The Hall–Kier alpha value is -2.67. The van der Waals surface area contributed by atoms with Crippen LogP contribution in [0, 0.1) is 0 Å². The van der Waals surface area contributed by atoms with Gasteiger partial charge in [0, 0.05) is 5.56 Å². The number of carboxylic acids is 1. The maximum atomic E-state index is 12.6. The van der Waals surface area contributed by atoms with Gasteiger partial charge in [-0.15, -0.1) is 11.3 Å². The van der Waals surface area contributed by atoms with Crippen LogP contribution in [0.4, 0.5) is 13.2 Å². The second-order valence-corrected chi connectivity index (χ2v) is 5.94. The molecule has 0 fully saturated rings. The van der Waals surface area contributed by atoms with Crippen LogP contribution in [0.1, 0.15) is 16.1 Å². The zero-order chi connectivity index (χ0) is 17.3. The van der Waals surface area contributed by atoms with Crippen LogP contribution in [0.2, 0.25) is 0 Å². The summed E-state index contributed by atoms with van der Waals surface area (Å²) in [5.74, 6) is -1.18. The maximum absolute atomic E-state index is 12.6. The lowest BCUT2D eigenvalue weighted by molar-refractivity contribution is -0.137. The maximum Gasteiger partial charge on any atom is 0.416 e. The van der Waals surface area contributed by atoms with Crippen molar-refractivity contribution in [1.29, 1.82) is 0 Å². The Morgan fingerprint density at radius 3 is 2.12 bits per heavy atom. The number of nitrogens with zero attached hydrogens (tertiary/aromatic N) is 1. The standard InChI is InChI=1S/C17H10F3NO2S/c18-17(19,20)12-8-6-11(7-9-12)15-21-13(16(22)23)14(24-15)10-4-2-1-3-5-10/h1-9H,(H,22,23). The van der Waals surface area contributed by atoms with E-state index in [1.807, 2.05) is 6.07 Å². The SMILES string of the molecule is O=C(O)c1nc(-c2ccc(C(F)(F)F)cc2)sc1-c1ccccc1. The third-order valence-corrected chi connectivity index (χ3v) is 4.48. The van der Waals surface area contributed by atoms with Gasteiger partial charge in [0.15, 0.2) is 5.69 Å². The molecule has 7 heteroatoms. The molecule has 0 radical (unpaired) electrons. The molecule has 0 aliphatic carbocycles. The summed E-state index contributed by atoms with van der Waals surface area (Å²) in [6.45, 7) is 0. The summed E-state index contributed by atoms with van der Waals surface area (Å²) in [7, 11) is 0. The van der Waals surface area contributed by atoms with Gasteiger partial charge in [0.1, 0.15) is 5.01 Å². The number of halogens is 3. The van der Waals surface area contributed by atoms with Crippen molar-refractivity contribution in [2.45, 2.75) is 6.18 Å². The van der Waals surface area contributed by atoms with E-state index in [0.29, 0.717) is 21.0 Å². The first kappa shape index (κ1) is 16.2. The van der Waals surface area contributed by atoms with Gasteiger partial charge in [-0.3, -0.25) is 0 Å². The quantitative estimate of drug-likeness (QED) is 0.707. The third kappa shape index (κ3) is 3.16. The number of hydrogen-bond donors (Lipinski definition) is 1. The Bertz CT molecular complexity index is 871. The van der Waals surface area contributed by atoms with Gasteiger partial charge < -0.3 is 5.11 Å². The van der Waals surface area contributed by atoms with Gasteiger partial charge in [-0.2, -0.15) is 13.2 Å². The molecule has 1 N–H and O–H groups in total. The normalized spacial score (nSPS) is 11.5. The van der Waals surface area contributed by atoms with Gasteiger partial charge in [-0.05, 0) is 17.7 Å². The monoisotopic (exact) mass is 349 g/mol. The topological polar surface area (TPSA) is 50.2 Å². The first-order valence-corrected chi connectivity index (χ1v) is 7.65. The van der Waals surface area contributed by atoms with Crippen LogP contribution in [0.5, 0.6) is 0 Å². The number of aromatic carboxylic acids is 1. The van der Waals surface area contributed by atoms with Crippen LogP contribution in [-0.4, -0.2) is 16.1 Å². The van der Waals surface area contributed by atoms with E-state index in [1.54, 1.807) is 24.3 Å². The molecule has 24 heavy (non-hydrogen) atoms. The number of carbonyl (C=O) groups is 1. The van der Waals surface area contributed by atoms with Crippen LogP contribution in [0.25, 0.3) is 21.0 Å². The molecular weight excluding hydrogens is 339 g/mol.